The number of aromatic nitrogens is 2. The monoisotopic (exact) mass is 152 g/mol. The minimum absolute atomic E-state index is 0.242. The molecule has 2 heterocycles. The lowest BCUT2D eigenvalue weighted by atomic mass is 10.6. The van der Waals surface area contributed by atoms with E-state index in [1.807, 2.05) is 0 Å². The van der Waals surface area contributed by atoms with Gasteiger partial charge in [0.15, 0.2) is 5.65 Å². The molecule has 0 aliphatic heterocycles. The Bertz CT molecular complexity index is 375. The summed E-state index contributed by atoms with van der Waals surface area (Å²) in [7, 11) is 1.57. The molecule has 1 N–H and O–H groups in total. The Hall–Kier alpha value is -1.58. The molecule has 4 nitrogen and oxygen atoms in total. The van der Waals surface area contributed by atoms with Gasteiger partial charge >= 0.3 is 0 Å². The highest BCUT2D eigenvalue weighted by Gasteiger charge is 2.01. The maximum absolute atomic E-state index is 9.08. The van der Waals surface area contributed by atoms with Gasteiger partial charge in [-0.25, -0.2) is 0 Å². The van der Waals surface area contributed by atoms with Crippen molar-refractivity contribution < 1.29 is 9.94 Å². The summed E-state index contributed by atoms with van der Waals surface area (Å²) in [6, 6.07) is 1.63. The van der Waals surface area contributed by atoms with Crippen molar-refractivity contribution in [1.82, 2.24) is 9.13 Å². The molecule has 0 saturated heterocycles. The van der Waals surface area contributed by atoms with E-state index in [0.29, 0.717) is 0 Å². The van der Waals surface area contributed by atoms with Crippen molar-refractivity contribution in [1.29, 1.82) is 0 Å². The zero-order valence-corrected chi connectivity index (χ0v) is 6.06. The highest BCUT2D eigenvalue weighted by atomic mass is 16.6. The van der Waals surface area contributed by atoms with Crippen LogP contribution in [-0.4, -0.2) is 21.3 Å². The Kier molecular flexibility index (Phi) is 1.09. The average Bonchev–Trinajstić information content (AvgIpc) is 2.45. The van der Waals surface area contributed by atoms with Crippen molar-refractivity contribution in [2.24, 2.45) is 0 Å². The summed E-state index contributed by atoms with van der Waals surface area (Å²) in [5, 5.41) is 9.08. The van der Waals surface area contributed by atoms with E-state index in [2.05, 4.69) is 0 Å². The molecule has 0 spiro atoms. The molecular formula is C7H8N2O2. The van der Waals surface area contributed by atoms with Gasteiger partial charge in [0.05, 0.1) is 12.4 Å². The molecule has 0 atom stereocenters. The Morgan fingerprint density at radius 2 is 2.27 bits per heavy atom. The fourth-order valence-electron chi connectivity index (χ4n) is 1.11. The summed E-state index contributed by atoms with van der Waals surface area (Å²) in [5.41, 5.74) is 0.810. The standard InChI is InChI=1S/C7H8N2O2/c1-11-9-3-2-8-5-6(10)4-7(8)9/h2-5,10H,1H3. The molecule has 2 rings (SSSR count). The first-order chi connectivity index (χ1) is 5.31. The molecule has 0 saturated carbocycles. The van der Waals surface area contributed by atoms with Crippen LogP contribution < -0.4 is 4.84 Å². The van der Waals surface area contributed by atoms with E-state index in [1.54, 1.807) is 40.9 Å². The maximum atomic E-state index is 9.08. The van der Waals surface area contributed by atoms with E-state index in [4.69, 9.17) is 9.94 Å². The normalized spacial score (nSPS) is 10.6. The van der Waals surface area contributed by atoms with Crippen LogP contribution in [0.25, 0.3) is 5.65 Å². The van der Waals surface area contributed by atoms with E-state index >= 15 is 0 Å². The molecule has 2 aromatic rings. The van der Waals surface area contributed by atoms with Crippen molar-refractivity contribution >= 4 is 5.65 Å². The Balaban J connectivity index is 2.73. The number of aromatic hydroxyl groups is 1. The van der Waals surface area contributed by atoms with Crippen LogP contribution in [0.3, 0.4) is 0 Å². The molecule has 0 unspecified atom stereocenters. The van der Waals surface area contributed by atoms with Crippen molar-refractivity contribution in [3.8, 4) is 5.75 Å². The van der Waals surface area contributed by atoms with Gasteiger partial charge in [-0.15, -0.1) is 0 Å². The zero-order chi connectivity index (χ0) is 7.84. The van der Waals surface area contributed by atoms with Gasteiger partial charge in [0.1, 0.15) is 12.9 Å². The molecule has 0 amide bonds. The van der Waals surface area contributed by atoms with Crippen LogP contribution in [-0.2, 0) is 0 Å². The lowest BCUT2D eigenvalue weighted by Gasteiger charge is -1.97. The molecule has 0 aliphatic carbocycles. The molecule has 4 heteroatoms. The quantitative estimate of drug-likeness (QED) is 0.646. The summed E-state index contributed by atoms with van der Waals surface area (Å²) in [4.78, 5) is 4.97. The van der Waals surface area contributed by atoms with E-state index in [0.717, 1.165) is 5.65 Å². The summed E-state index contributed by atoms with van der Waals surface area (Å²) in [5.74, 6) is 0.242. The van der Waals surface area contributed by atoms with Crippen LogP contribution in [0.4, 0.5) is 0 Å². The third-order valence-corrected chi connectivity index (χ3v) is 1.60. The molecule has 11 heavy (non-hydrogen) atoms. The molecule has 58 valence electrons. The van der Waals surface area contributed by atoms with Gasteiger partial charge in [-0.1, -0.05) is 0 Å². The smallest absolute Gasteiger partial charge is 0.156 e. The first kappa shape index (κ1) is 6.15. The van der Waals surface area contributed by atoms with Gasteiger partial charge < -0.3 is 14.3 Å². The van der Waals surface area contributed by atoms with Gasteiger partial charge in [-0.3, -0.25) is 0 Å². The van der Waals surface area contributed by atoms with Crippen LogP contribution in [0.1, 0.15) is 0 Å². The fourth-order valence-corrected chi connectivity index (χ4v) is 1.11. The summed E-state index contributed by atoms with van der Waals surface area (Å²) < 4.78 is 3.35. The zero-order valence-electron chi connectivity index (χ0n) is 6.06. The van der Waals surface area contributed by atoms with E-state index < -0.39 is 0 Å². The minimum atomic E-state index is 0.242. The molecule has 0 fully saturated rings. The lowest BCUT2D eigenvalue weighted by Crippen LogP contribution is -2.02. The largest absolute Gasteiger partial charge is 0.506 e. The number of rotatable bonds is 1. The molecule has 0 radical (unpaired) electrons. The SMILES string of the molecule is COn1ccn2cc(O)cc12. The second-order valence-electron chi connectivity index (χ2n) is 2.27. The first-order valence-corrected chi connectivity index (χ1v) is 3.24. The van der Waals surface area contributed by atoms with Crippen LogP contribution in [0.2, 0.25) is 0 Å². The van der Waals surface area contributed by atoms with Gasteiger partial charge in [-0.2, -0.15) is 4.73 Å². The molecule has 2 aromatic heterocycles. The van der Waals surface area contributed by atoms with E-state index in [1.165, 1.54) is 0 Å². The van der Waals surface area contributed by atoms with Crippen LogP contribution in [0.5, 0.6) is 5.75 Å². The number of fused-ring (bicyclic) bond motifs is 1. The van der Waals surface area contributed by atoms with Crippen molar-refractivity contribution in [2.45, 2.75) is 0 Å². The maximum Gasteiger partial charge on any atom is 0.156 e. The van der Waals surface area contributed by atoms with Gasteiger partial charge in [0, 0.05) is 12.3 Å². The Morgan fingerprint density at radius 3 is 3.00 bits per heavy atom. The second-order valence-corrected chi connectivity index (χ2v) is 2.27. The average molecular weight is 152 g/mol. The van der Waals surface area contributed by atoms with Gasteiger partial charge in [0.25, 0.3) is 0 Å². The van der Waals surface area contributed by atoms with Gasteiger partial charge in [-0.05, 0) is 0 Å². The first-order valence-electron chi connectivity index (χ1n) is 3.24. The third-order valence-electron chi connectivity index (χ3n) is 1.60. The van der Waals surface area contributed by atoms with E-state index in [-0.39, 0.29) is 5.75 Å². The van der Waals surface area contributed by atoms with Crippen molar-refractivity contribution in [3.63, 3.8) is 0 Å². The van der Waals surface area contributed by atoms with Crippen LogP contribution in [0.15, 0.2) is 24.7 Å². The summed E-state index contributed by atoms with van der Waals surface area (Å²) in [6.07, 6.45) is 5.19. The molecule has 0 bridgehead atoms. The number of nitrogens with zero attached hydrogens (tertiary/aromatic N) is 2. The third kappa shape index (κ3) is 0.756. The minimum Gasteiger partial charge on any atom is -0.506 e. The Morgan fingerprint density at radius 1 is 1.45 bits per heavy atom. The van der Waals surface area contributed by atoms with E-state index in [9.17, 15) is 0 Å². The molecule has 0 aromatic carbocycles. The topological polar surface area (TPSA) is 38.8 Å². The number of imidazole rings is 1. The highest BCUT2D eigenvalue weighted by Crippen LogP contribution is 2.14. The lowest BCUT2D eigenvalue weighted by molar-refractivity contribution is 0.178. The van der Waals surface area contributed by atoms with Crippen LogP contribution >= 0.6 is 0 Å². The number of hydrogen-bond acceptors (Lipinski definition) is 2. The predicted octanol–water partition coefficient (Wildman–Crippen LogP) is 0.505. The van der Waals surface area contributed by atoms with Gasteiger partial charge in [0.2, 0.25) is 0 Å². The summed E-state index contributed by atoms with van der Waals surface area (Å²) >= 11 is 0. The molecular weight excluding hydrogens is 144 g/mol. The molecule has 0 aliphatic rings. The van der Waals surface area contributed by atoms with Crippen LogP contribution in [0, 0.1) is 0 Å². The fraction of sp³-hybridized carbons (Fsp3) is 0.143. The predicted molar refractivity (Wildman–Crippen MR) is 39.6 cm³/mol. The number of hydrogen-bond donors (Lipinski definition) is 1. The summed E-state index contributed by atoms with van der Waals surface area (Å²) in [6.45, 7) is 0. The Labute approximate surface area is 63.2 Å². The van der Waals surface area contributed by atoms with Crippen molar-refractivity contribution in [2.75, 3.05) is 7.11 Å². The second kappa shape index (κ2) is 1.95. The van der Waals surface area contributed by atoms with Crippen molar-refractivity contribution in [3.05, 3.63) is 24.7 Å². The highest BCUT2D eigenvalue weighted by molar-refractivity contribution is 5.46.